The Labute approximate surface area is 153 Å². The quantitative estimate of drug-likeness (QED) is 0.705. The monoisotopic (exact) mass is 353 g/mol. The largest absolute Gasteiger partial charge is 0.327 e. The highest BCUT2D eigenvalue weighted by Gasteiger charge is 2.30. The molecule has 0 amide bonds. The SMILES string of the molecule is Cc1cnc(C2CCCN2Cc2cnn(C)c2)n1Cc1ccc(F)cc1. The zero-order valence-corrected chi connectivity index (χ0v) is 15.3. The van der Waals surface area contributed by atoms with Crippen molar-refractivity contribution in [3.05, 3.63) is 71.3 Å². The first kappa shape index (κ1) is 17.0. The van der Waals surface area contributed by atoms with Crippen molar-refractivity contribution in [3.8, 4) is 0 Å². The van der Waals surface area contributed by atoms with Crippen LogP contribution >= 0.6 is 0 Å². The van der Waals surface area contributed by atoms with Crippen molar-refractivity contribution in [2.45, 2.75) is 38.9 Å². The van der Waals surface area contributed by atoms with Crippen molar-refractivity contribution in [1.29, 1.82) is 0 Å². The lowest BCUT2D eigenvalue weighted by atomic mass is 10.1. The summed E-state index contributed by atoms with van der Waals surface area (Å²) < 4.78 is 17.3. The molecule has 1 aliphatic rings. The van der Waals surface area contributed by atoms with Gasteiger partial charge in [-0.15, -0.1) is 0 Å². The van der Waals surface area contributed by atoms with Gasteiger partial charge in [0.2, 0.25) is 0 Å². The molecule has 1 unspecified atom stereocenters. The average Bonchev–Trinajstić information content (AvgIpc) is 3.32. The maximum atomic E-state index is 13.2. The van der Waals surface area contributed by atoms with E-state index in [0.29, 0.717) is 6.04 Å². The van der Waals surface area contributed by atoms with Gasteiger partial charge in [-0.1, -0.05) is 12.1 Å². The summed E-state index contributed by atoms with van der Waals surface area (Å²) in [6.45, 7) is 4.77. The number of aromatic nitrogens is 4. The second kappa shape index (κ2) is 7.03. The van der Waals surface area contributed by atoms with Gasteiger partial charge in [0, 0.05) is 43.8 Å². The van der Waals surface area contributed by atoms with Crippen molar-refractivity contribution in [2.24, 2.45) is 7.05 Å². The maximum Gasteiger partial charge on any atom is 0.126 e. The summed E-state index contributed by atoms with van der Waals surface area (Å²) in [6, 6.07) is 7.04. The second-order valence-corrected chi connectivity index (χ2v) is 7.12. The van der Waals surface area contributed by atoms with E-state index in [4.69, 9.17) is 4.98 Å². The molecule has 6 heteroatoms. The molecule has 0 N–H and O–H groups in total. The minimum absolute atomic E-state index is 0.199. The molecule has 4 rings (SSSR count). The predicted molar refractivity (Wildman–Crippen MR) is 98.1 cm³/mol. The predicted octanol–water partition coefficient (Wildman–Crippen LogP) is 3.45. The van der Waals surface area contributed by atoms with Gasteiger partial charge in [-0.05, 0) is 44.0 Å². The van der Waals surface area contributed by atoms with Crippen LogP contribution in [0.5, 0.6) is 0 Å². The van der Waals surface area contributed by atoms with Crippen LogP contribution in [0.1, 0.15) is 41.5 Å². The highest BCUT2D eigenvalue weighted by Crippen LogP contribution is 2.33. The number of nitrogens with zero attached hydrogens (tertiary/aromatic N) is 5. The van der Waals surface area contributed by atoms with Crippen molar-refractivity contribution in [3.63, 3.8) is 0 Å². The number of hydrogen-bond donors (Lipinski definition) is 0. The van der Waals surface area contributed by atoms with E-state index in [1.807, 2.05) is 36.3 Å². The Morgan fingerprint density at radius 3 is 2.65 bits per heavy atom. The molecule has 1 aromatic carbocycles. The zero-order valence-electron chi connectivity index (χ0n) is 15.3. The number of imidazole rings is 1. The topological polar surface area (TPSA) is 38.9 Å². The molecule has 0 bridgehead atoms. The molecule has 1 fully saturated rings. The first-order valence-corrected chi connectivity index (χ1v) is 9.08. The number of aryl methyl sites for hydroxylation is 2. The van der Waals surface area contributed by atoms with E-state index in [9.17, 15) is 4.39 Å². The van der Waals surface area contributed by atoms with Gasteiger partial charge >= 0.3 is 0 Å². The van der Waals surface area contributed by atoms with Gasteiger partial charge < -0.3 is 4.57 Å². The van der Waals surface area contributed by atoms with E-state index in [1.54, 1.807) is 0 Å². The van der Waals surface area contributed by atoms with Crippen LogP contribution in [0.2, 0.25) is 0 Å². The molecule has 0 saturated carbocycles. The van der Waals surface area contributed by atoms with Crippen LogP contribution < -0.4 is 0 Å². The van der Waals surface area contributed by atoms with Gasteiger partial charge in [0.05, 0.1) is 12.2 Å². The normalized spacial score (nSPS) is 17.9. The average molecular weight is 353 g/mol. The Bertz CT molecular complexity index is 880. The lowest BCUT2D eigenvalue weighted by Crippen LogP contribution is -2.25. The second-order valence-electron chi connectivity index (χ2n) is 7.12. The maximum absolute atomic E-state index is 13.2. The van der Waals surface area contributed by atoms with Crippen LogP contribution in [-0.4, -0.2) is 30.8 Å². The fraction of sp³-hybridized carbons (Fsp3) is 0.400. The standard InChI is InChI=1S/C20H24FN5/c1-15-10-22-20(26(15)14-16-5-7-18(21)8-6-16)19-4-3-9-25(19)13-17-11-23-24(2)12-17/h5-8,10-12,19H,3-4,9,13-14H2,1-2H3. The van der Waals surface area contributed by atoms with Crippen LogP contribution in [0, 0.1) is 12.7 Å². The summed E-state index contributed by atoms with van der Waals surface area (Å²) in [6.07, 6.45) is 8.24. The fourth-order valence-electron chi connectivity index (χ4n) is 3.82. The molecule has 5 nitrogen and oxygen atoms in total. The number of rotatable bonds is 5. The Morgan fingerprint density at radius 1 is 1.12 bits per heavy atom. The van der Waals surface area contributed by atoms with Crippen molar-refractivity contribution in [2.75, 3.05) is 6.54 Å². The van der Waals surface area contributed by atoms with E-state index in [0.717, 1.165) is 43.1 Å². The Kier molecular flexibility index (Phi) is 4.59. The summed E-state index contributed by atoms with van der Waals surface area (Å²) in [5.41, 5.74) is 3.45. The smallest absolute Gasteiger partial charge is 0.126 e. The lowest BCUT2D eigenvalue weighted by molar-refractivity contribution is 0.235. The van der Waals surface area contributed by atoms with Gasteiger partial charge in [-0.3, -0.25) is 9.58 Å². The number of hydrogen-bond acceptors (Lipinski definition) is 3. The molecular formula is C20H24FN5. The third kappa shape index (κ3) is 3.42. The first-order valence-electron chi connectivity index (χ1n) is 9.08. The highest BCUT2D eigenvalue weighted by atomic mass is 19.1. The fourth-order valence-corrected chi connectivity index (χ4v) is 3.82. The van der Waals surface area contributed by atoms with E-state index in [1.165, 1.54) is 24.1 Å². The first-order chi connectivity index (χ1) is 12.6. The molecule has 0 aliphatic carbocycles. The van der Waals surface area contributed by atoms with Gasteiger partial charge in [-0.25, -0.2) is 9.37 Å². The molecule has 3 heterocycles. The number of halogens is 1. The number of benzene rings is 1. The molecule has 1 saturated heterocycles. The van der Waals surface area contributed by atoms with Gasteiger partial charge in [0.15, 0.2) is 0 Å². The Balaban J connectivity index is 1.57. The van der Waals surface area contributed by atoms with Crippen LogP contribution in [0.3, 0.4) is 0 Å². The number of likely N-dealkylation sites (tertiary alicyclic amines) is 1. The molecule has 136 valence electrons. The van der Waals surface area contributed by atoms with Crippen LogP contribution in [0.15, 0.2) is 42.9 Å². The van der Waals surface area contributed by atoms with Crippen molar-refractivity contribution >= 4 is 0 Å². The molecule has 2 aromatic heterocycles. The molecule has 1 atom stereocenters. The summed E-state index contributed by atoms with van der Waals surface area (Å²) in [5, 5.41) is 4.28. The van der Waals surface area contributed by atoms with Crippen LogP contribution in [-0.2, 0) is 20.1 Å². The third-order valence-electron chi connectivity index (χ3n) is 5.15. The third-order valence-corrected chi connectivity index (χ3v) is 5.15. The molecule has 1 aliphatic heterocycles. The molecule has 0 radical (unpaired) electrons. The highest BCUT2D eigenvalue weighted by molar-refractivity contribution is 5.19. The van der Waals surface area contributed by atoms with Gasteiger partial charge in [0.25, 0.3) is 0 Å². The minimum atomic E-state index is -0.199. The molecule has 3 aromatic rings. The Morgan fingerprint density at radius 2 is 1.92 bits per heavy atom. The van der Waals surface area contributed by atoms with Crippen LogP contribution in [0.25, 0.3) is 0 Å². The van der Waals surface area contributed by atoms with E-state index in [-0.39, 0.29) is 5.82 Å². The summed E-state index contributed by atoms with van der Waals surface area (Å²) in [7, 11) is 1.95. The Hall–Kier alpha value is -2.47. The van der Waals surface area contributed by atoms with Crippen molar-refractivity contribution < 1.29 is 4.39 Å². The van der Waals surface area contributed by atoms with E-state index >= 15 is 0 Å². The van der Waals surface area contributed by atoms with E-state index in [2.05, 4.69) is 27.7 Å². The summed E-state index contributed by atoms with van der Waals surface area (Å²) >= 11 is 0. The molecule has 0 spiro atoms. The zero-order chi connectivity index (χ0) is 18.1. The minimum Gasteiger partial charge on any atom is -0.327 e. The summed E-state index contributed by atoms with van der Waals surface area (Å²) in [4.78, 5) is 7.22. The lowest BCUT2D eigenvalue weighted by Gasteiger charge is -2.24. The van der Waals surface area contributed by atoms with E-state index < -0.39 is 0 Å². The van der Waals surface area contributed by atoms with Gasteiger partial charge in [-0.2, -0.15) is 5.10 Å². The molecular weight excluding hydrogens is 329 g/mol. The summed E-state index contributed by atoms with van der Waals surface area (Å²) in [5.74, 6) is 0.906. The van der Waals surface area contributed by atoms with Gasteiger partial charge in [0.1, 0.15) is 11.6 Å². The van der Waals surface area contributed by atoms with Crippen LogP contribution in [0.4, 0.5) is 4.39 Å². The van der Waals surface area contributed by atoms with Crippen molar-refractivity contribution in [1.82, 2.24) is 24.2 Å². The molecule has 26 heavy (non-hydrogen) atoms.